The van der Waals surface area contributed by atoms with Crippen LogP contribution in [0.25, 0.3) is 0 Å². The van der Waals surface area contributed by atoms with Gasteiger partial charge in [0.05, 0.1) is 16.9 Å². The highest BCUT2D eigenvalue weighted by Gasteiger charge is 2.41. The fraction of sp³-hybridized carbons (Fsp3) is 0.500. The summed E-state index contributed by atoms with van der Waals surface area (Å²) in [6, 6.07) is 4.40. The van der Waals surface area contributed by atoms with E-state index in [4.69, 9.17) is 5.73 Å². The molecular weight excluding hydrogens is 338 g/mol. The lowest BCUT2D eigenvalue weighted by atomic mass is 9.95. The number of non-ortho nitro benzene ring substituents is 1. The fourth-order valence-electron chi connectivity index (χ4n) is 2.37. The number of carbonyl (C=O) groups excluding carboxylic acids is 1. The number of amides is 1. The zero-order valence-electron chi connectivity index (χ0n) is 11.8. The zero-order chi connectivity index (χ0) is 15.6. The lowest BCUT2D eigenvalue weighted by Crippen LogP contribution is -2.53. The van der Waals surface area contributed by atoms with Gasteiger partial charge < -0.3 is 11.1 Å². The summed E-state index contributed by atoms with van der Waals surface area (Å²) in [5.74, 6) is 0.330. The van der Waals surface area contributed by atoms with Gasteiger partial charge in [-0.15, -0.1) is 0 Å². The second-order valence-corrected chi connectivity index (χ2v) is 6.51. The molecule has 0 heterocycles. The van der Waals surface area contributed by atoms with E-state index in [1.165, 1.54) is 12.1 Å². The molecule has 1 amide bonds. The monoisotopic (exact) mass is 355 g/mol. The molecule has 1 aromatic carbocycles. The highest BCUT2D eigenvalue weighted by molar-refractivity contribution is 9.10. The van der Waals surface area contributed by atoms with Crippen molar-refractivity contribution in [2.75, 3.05) is 6.54 Å². The van der Waals surface area contributed by atoms with Crippen LogP contribution in [0.2, 0.25) is 0 Å². The molecule has 0 radical (unpaired) electrons. The molecule has 0 saturated heterocycles. The molecule has 7 heteroatoms. The van der Waals surface area contributed by atoms with Crippen LogP contribution in [0.15, 0.2) is 22.7 Å². The van der Waals surface area contributed by atoms with Gasteiger partial charge in [-0.1, -0.05) is 22.0 Å². The number of nitrogens with two attached hydrogens (primary N) is 1. The van der Waals surface area contributed by atoms with Crippen molar-refractivity contribution in [2.45, 2.75) is 31.7 Å². The Labute approximate surface area is 131 Å². The molecule has 1 aliphatic carbocycles. The van der Waals surface area contributed by atoms with E-state index in [0.29, 0.717) is 22.5 Å². The van der Waals surface area contributed by atoms with E-state index in [0.717, 1.165) is 12.8 Å². The zero-order valence-corrected chi connectivity index (χ0v) is 13.4. The SMILES string of the molecule is CC(CN)(NC(=O)Cc1ccc([N+](=O)[O-])cc1Br)C1CC1. The second kappa shape index (κ2) is 6.11. The summed E-state index contributed by atoms with van der Waals surface area (Å²) >= 11 is 3.27. The maximum Gasteiger partial charge on any atom is 0.270 e. The summed E-state index contributed by atoms with van der Waals surface area (Å²) in [4.78, 5) is 22.4. The largest absolute Gasteiger partial charge is 0.349 e. The lowest BCUT2D eigenvalue weighted by Gasteiger charge is -2.29. The third-order valence-corrected chi connectivity index (χ3v) is 4.66. The van der Waals surface area contributed by atoms with E-state index in [9.17, 15) is 14.9 Å². The van der Waals surface area contributed by atoms with Gasteiger partial charge in [0.1, 0.15) is 0 Å². The Morgan fingerprint density at radius 3 is 2.71 bits per heavy atom. The van der Waals surface area contributed by atoms with Crippen LogP contribution in [-0.4, -0.2) is 22.9 Å². The highest BCUT2D eigenvalue weighted by Crippen LogP contribution is 2.39. The molecule has 0 spiro atoms. The smallest absolute Gasteiger partial charge is 0.270 e. The van der Waals surface area contributed by atoms with E-state index in [1.807, 2.05) is 6.92 Å². The summed E-state index contributed by atoms with van der Waals surface area (Å²) in [7, 11) is 0. The molecule has 6 nitrogen and oxygen atoms in total. The van der Waals surface area contributed by atoms with Gasteiger partial charge in [0, 0.05) is 23.2 Å². The van der Waals surface area contributed by atoms with Crippen LogP contribution in [-0.2, 0) is 11.2 Å². The Morgan fingerprint density at radius 1 is 1.57 bits per heavy atom. The van der Waals surface area contributed by atoms with Crippen molar-refractivity contribution in [1.29, 1.82) is 0 Å². The van der Waals surface area contributed by atoms with Crippen molar-refractivity contribution < 1.29 is 9.72 Å². The molecule has 1 aliphatic rings. The number of carbonyl (C=O) groups is 1. The third-order valence-electron chi connectivity index (χ3n) is 3.93. The van der Waals surface area contributed by atoms with Crippen LogP contribution >= 0.6 is 15.9 Å². The average Bonchev–Trinajstić information content (AvgIpc) is 3.25. The first-order valence-electron chi connectivity index (χ1n) is 6.79. The Hall–Kier alpha value is -1.47. The van der Waals surface area contributed by atoms with Crippen LogP contribution in [0.1, 0.15) is 25.3 Å². The predicted molar refractivity (Wildman–Crippen MR) is 82.8 cm³/mol. The van der Waals surface area contributed by atoms with Crippen molar-refractivity contribution in [3.8, 4) is 0 Å². The number of nitro benzene ring substituents is 1. The van der Waals surface area contributed by atoms with Gasteiger partial charge in [0.25, 0.3) is 5.69 Å². The van der Waals surface area contributed by atoms with Crippen LogP contribution in [0.4, 0.5) is 5.69 Å². The fourth-order valence-corrected chi connectivity index (χ4v) is 2.88. The molecule has 1 fully saturated rings. The average molecular weight is 356 g/mol. The molecule has 1 aromatic rings. The van der Waals surface area contributed by atoms with Crippen LogP contribution < -0.4 is 11.1 Å². The number of nitrogens with zero attached hydrogens (tertiary/aromatic N) is 1. The van der Waals surface area contributed by atoms with Crippen molar-refractivity contribution in [3.63, 3.8) is 0 Å². The summed E-state index contributed by atoms with van der Waals surface area (Å²) < 4.78 is 0.563. The van der Waals surface area contributed by atoms with E-state index < -0.39 is 4.92 Å². The molecule has 21 heavy (non-hydrogen) atoms. The first kappa shape index (κ1) is 15.9. The van der Waals surface area contributed by atoms with Crippen molar-refractivity contribution >= 4 is 27.5 Å². The molecular formula is C14H18BrN3O3. The first-order chi connectivity index (χ1) is 9.85. The lowest BCUT2D eigenvalue weighted by molar-refractivity contribution is -0.384. The van der Waals surface area contributed by atoms with Gasteiger partial charge in [-0.3, -0.25) is 14.9 Å². The van der Waals surface area contributed by atoms with Crippen LogP contribution in [0, 0.1) is 16.0 Å². The van der Waals surface area contributed by atoms with Crippen molar-refractivity contribution in [2.24, 2.45) is 11.7 Å². The number of hydrogen-bond donors (Lipinski definition) is 2. The number of benzene rings is 1. The quantitative estimate of drug-likeness (QED) is 0.603. The molecule has 1 atom stereocenters. The van der Waals surface area contributed by atoms with Crippen molar-refractivity contribution in [1.82, 2.24) is 5.32 Å². The molecule has 0 aliphatic heterocycles. The maximum atomic E-state index is 12.2. The molecule has 1 saturated carbocycles. The van der Waals surface area contributed by atoms with E-state index in [-0.39, 0.29) is 23.6 Å². The first-order valence-corrected chi connectivity index (χ1v) is 7.59. The molecule has 2 rings (SSSR count). The Balaban J connectivity index is 2.04. The Kier molecular flexibility index (Phi) is 4.63. The molecule has 0 aromatic heterocycles. The summed E-state index contributed by atoms with van der Waals surface area (Å²) in [5.41, 5.74) is 6.13. The van der Waals surface area contributed by atoms with E-state index >= 15 is 0 Å². The second-order valence-electron chi connectivity index (χ2n) is 5.65. The van der Waals surface area contributed by atoms with E-state index in [2.05, 4.69) is 21.2 Å². The summed E-state index contributed by atoms with van der Waals surface area (Å²) in [5, 5.41) is 13.7. The number of nitrogens with one attached hydrogen (secondary N) is 1. The summed E-state index contributed by atoms with van der Waals surface area (Å²) in [6.45, 7) is 2.37. The molecule has 0 bridgehead atoms. The number of nitro groups is 1. The number of rotatable bonds is 6. The minimum absolute atomic E-state index is 0.00388. The molecule has 114 valence electrons. The Bertz CT molecular complexity index is 575. The third kappa shape index (κ3) is 3.79. The van der Waals surface area contributed by atoms with Gasteiger partial charge in [0.2, 0.25) is 5.91 Å². The van der Waals surface area contributed by atoms with Gasteiger partial charge in [-0.25, -0.2) is 0 Å². The summed E-state index contributed by atoms with van der Waals surface area (Å²) in [6.07, 6.45) is 2.35. The highest BCUT2D eigenvalue weighted by atomic mass is 79.9. The van der Waals surface area contributed by atoms with Gasteiger partial charge in [-0.2, -0.15) is 0 Å². The van der Waals surface area contributed by atoms with Gasteiger partial charge in [0.15, 0.2) is 0 Å². The topological polar surface area (TPSA) is 98.3 Å². The minimum Gasteiger partial charge on any atom is -0.349 e. The van der Waals surface area contributed by atoms with E-state index in [1.54, 1.807) is 6.07 Å². The normalized spacial score (nSPS) is 17.1. The van der Waals surface area contributed by atoms with Gasteiger partial charge >= 0.3 is 0 Å². The standard InChI is InChI=1S/C14H18BrN3O3/c1-14(8-16,10-3-4-10)17-13(19)6-9-2-5-11(18(20)21)7-12(9)15/h2,5,7,10H,3-4,6,8,16H2,1H3,(H,17,19). The van der Waals surface area contributed by atoms with Gasteiger partial charge in [-0.05, 0) is 31.2 Å². The Morgan fingerprint density at radius 2 is 2.24 bits per heavy atom. The van der Waals surface area contributed by atoms with Crippen molar-refractivity contribution in [3.05, 3.63) is 38.3 Å². The number of hydrogen-bond acceptors (Lipinski definition) is 4. The number of halogens is 1. The van der Waals surface area contributed by atoms with Crippen LogP contribution in [0.5, 0.6) is 0 Å². The molecule has 1 unspecified atom stereocenters. The minimum atomic E-state index is -0.465. The maximum absolute atomic E-state index is 12.2. The predicted octanol–water partition coefficient (Wildman–Crippen LogP) is 2.14. The molecule has 3 N–H and O–H groups in total. The van der Waals surface area contributed by atoms with Crippen LogP contribution in [0.3, 0.4) is 0 Å².